The van der Waals surface area contributed by atoms with Crippen LogP contribution in [0.4, 0.5) is 0 Å². The second-order valence-corrected chi connectivity index (χ2v) is 2.14. The monoisotopic (exact) mass is 150 g/mol. The first-order valence-electron chi connectivity index (χ1n) is 3.24. The maximum atomic E-state index is 4.12. The summed E-state index contributed by atoms with van der Waals surface area (Å²) in [5, 5.41) is 4.06. The van der Waals surface area contributed by atoms with Crippen LogP contribution in [-0.4, -0.2) is 21.5 Å². The van der Waals surface area contributed by atoms with E-state index >= 15 is 0 Å². The number of rotatable bonds is 2. The largest absolute Gasteiger partial charge is 0.272 e. The second kappa shape index (κ2) is 3.09. The van der Waals surface area contributed by atoms with Crippen molar-refractivity contribution < 1.29 is 0 Å². The first-order valence-corrected chi connectivity index (χ1v) is 3.24. The van der Waals surface area contributed by atoms with Crippen molar-refractivity contribution in [2.24, 2.45) is 12.0 Å². The van der Waals surface area contributed by atoms with E-state index in [1.165, 1.54) is 0 Å². The molecule has 0 aromatic carbocycles. The summed E-state index contributed by atoms with van der Waals surface area (Å²) < 4.78 is 1.69. The maximum Gasteiger partial charge on any atom is 0.152 e. The summed E-state index contributed by atoms with van der Waals surface area (Å²) >= 11 is 0. The summed E-state index contributed by atoms with van der Waals surface area (Å²) in [4.78, 5) is 7.69. The summed E-state index contributed by atoms with van der Waals surface area (Å²) in [5.41, 5.74) is 0. The van der Waals surface area contributed by atoms with Crippen LogP contribution in [0, 0.1) is 6.92 Å². The number of hydrogen-bond donors (Lipinski definition) is 0. The molecule has 58 valence electrons. The molecule has 0 atom stereocenters. The molecule has 0 aliphatic rings. The Labute approximate surface area is 65.3 Å². The molecule has 0 amide bonds. The molecule has 0 N–H and O–H groups in total. The molecule has 1 aromatic rings. The predicted octanol–water partition coefficient (Wildman–Crippen LogP) is 0.795. The highest BCUT2D eigenvalue weighted by Gasteiger charge is 1.97. The average molecular weight is 150 g/mol. The molecule has 0 saturated carbocycles. The third kappa shape index (κ3) is 1.73. The molecule has 0 fully saturated rings. The molecular formula is C7H10N4. The maximum absolute atomic E-state index is 4.12. The Morgan fingerprint density at radius 3 is 2.82 bits per heavy atom. The number of aryl methyl sites for hydroxylation is 2. The smallest absolute Gasteiger partial charge is 0.152 e. The van der Waals surface area contributed by atoms with Crippen molar-refractivity contribution >= 4 is 12.8 Å². The van der Waals surface area contributed by atoms with E-state index in [9.17, 15) is 0 Å². The van der Waals surface area contributed by atoms with E-state index in [0.29, 0.717) is 0 Å². The van der Waals surface area contributed by atoms with Crippen molar-refractivity contribution in [3.8, 4) is 0 Å². The van der Waals surface area contributed by atoms with E-state index in [1.54, 1.807) is 17.0 Å². The number of aliphatic imine (C=N–C) groups is 1. The third-order valence-corrected chi connectivity index (χ3v) is 1.23. The summed E-state index contributed by atoms with van der Waals surface area (Å²) in [7, 11) is 1.84. The van der Waals surface area contributed by atoms with Crippen LogP contribution < -0.4 is 0 Å². The van der Waals surface area contributed by atoms with Crippen LogP contribution in [0.3, 0.4) is 0 Å². The second-order valence-electron chi connectivity index (χ2n) is 2.14. The van der Waals surface area contributed by atoms with Crippen LogP contribution >= 0.6 is 0 Å². The Bertz CT molecular complexity index is 285. The lowest BCUT2D eigenvalue weighted by atomic mass is 10.5. The van der Waals surface area contributed by atoms with E-state index in [4.69, 9.17) is 0 Å². The summed E-state index contributed by atoms with van der Waals surface area (Å²) in [5.74, 6) is 1.55. The molecule has 1 aromatic heterocycles. The third-order valence-electron chi connectivity index (χ3n) is 1.23. The van der Waals surface area contributed by atoms with Gasteiger partial charge in [0.15, 0.2) is 5.82 Å². The van der Waals surface area contributed by atoms with Gasteiger partial charge in [-0.1, -0.05) is 0 Å². The fraction of sp³-hybridized carbons (Fsp3) is 0.286. The molecule has 0 radical (unpaired) electrons. The molecule has 0 aliphatic heterocycles. The molecular weight excluding hydrogens is 140 g/mol. The SMILES string of the molecule is C=N/C=C\c1nc(C)nn1C. The molecule has 0 aliphatic carbocycles. The van der Waals surface area contributed by atoms with Crippen LogP contribution in [0.25, 0.3) is 6.08 Å². The minimum Gasteiger partial charge on any atom is -0.272 e. The van der Waals surface area contributed by atoms with Crippen LogP contribution in [0.2, 0.25) is 0 Å². The van der Waals surface area contributed by atoms with Crippen molar-refractivity contribution in [2.45, 2.75) is 6.92 Å². The zero-order valence-electron chi connectivity index (χ0n) is 6.65. The van der Waals surface area contributed by atoms with Crippen LogP contribution in [0.5, 0.6) is 0 Å². The van der Waals surface area contributed by atoms with Crippen molar-refractivity contribution in [3.05, 3.63) is 17.8 Å². The van der Waals surface area contributed by atoms with E-state index in [1.807, 2.05) is 14.0 Å². The Hall–Kier alpha value is -1.45. The number of nitrogens with zero attached hydrogens (tertiary/aromatic N) is 4. The molecule has 11 heavy (non-hydrogen) atoms. The lowest BCUT2D eigenvalue weighted by Gasteiger charge is -1.88. The molecule has 0 unspecified atom stereocenters. The van der Waals surface area contributed by atoms with Gasteiger partial charge in [-0.3, -0.25) is 4.99 Å². The zero-order valence-corrected chi connectivity index (χ0v) is 6.65. The minimum atomic E-state index is 0.760. The normalized spacial score (nSPS) is 10.7. The number of hydrogen-bond acceptors (Lipinski definition) is 3. The van der Waals surface area contributed by atoms with Gasteiger partial charge in [-0.05, 0) is 13.6 Å². The van der Waals surface area contributed by atoms with Crippen molar-refractivity contribution in [1.29, 1.82) is 0 Å². The molecule has 0 saturated heterocycles. The van der Waals surface area contributed by atoms with Crippen LogP contribution in [-0.2, 0) is 7.05 Å². The van der Waals surface area contributed by atoms with Gasteiger partial charge in [-0.25, -0.2) is 9.67 Å². The van der Waals surface area contributed by atoms with E-state index in [-0.39, 0.29) is 0 Å². The number of aromatic nitrogens is 3. The van der Waals surface area contributed by atoms with Gasteiger partial charge >= 0.3 is 0 Å². The predicted molar refractivity (Wildman–Crippen MR) is 44.3 cm³/mol. The van der Waals surface area contributed by atoms with E-state index in [0.717, 1.165) is 11.6 Å². The highest BCUT2D eigenvalue weighted by molar-refractivity contribution is 5.41. The van der Waals surface area contributed by atoms with Gasteiger partial charge in [-0.2, -0.15) is 5.10 Å². The molecule has 4 nitrogen and oxygen atoms in total. The van der Waals surface area contributed by atoms with Gasteiger partial charge in [0, 0.05) is 19.3 Å². The highest BCUT2D eigenvalue weighted by atomic mass is 15.3. The van der Waals surface area contributed by atoms with Crippen molar-refractivity contribution in [2.75, 3.05) is 0 Å². The first-order chi connectivity index (χ1) is 5.24. The molecule has 4 heteroatoms. The fourth-order valence-corrected chi connectivity index (χ4v) is 0.793. The van der Waals surface area contributed by atoms with Crippen LogP contribution in [0.1, 0.15) is 11.6 Å². The standard InChI is InChI=1S/C7H10N4/c1-6-9-7(4-5-8-2)11(3)10-6/h4-5H,2H2,1,3H3/b5-4-. The topological polar surface area (TPSA) is 43.1 Å². The zero-order chi connectivity index (χ0) is 8.27. The Kier molecular flexibility index (Phi) is 2.15. The summed E-state index contributed by atoms with van der Waals surface area (Å²) in [6.07, 6.45) is 3.34. The minimum absolute atomic E-state index is 0.760. The average Bonchev–Trinajstić information content (AvgIpc) is 2.26. The molecule has 1 heterocycles. The van der Waals surface area contributed by atoms with Crippen molar-refractivity contribution in [3.63, 3.8) is 0 Å². The van der Waals surface area contributed by atoms with Crippen molar-refractivity contribution in [1.82, 2.24) is 14.8 Å². The van der Waals surface area contributed by atoms with Gasteiger partial charge in [0.05, 0.1) is 0 Å². The summed E-state index contributed by atoms with van der Waals surface area (Å²) in [6.45, 7) is 5.16. The van der Waals surface area contributed by atoms with Gasteiger partial charge in [-0.15, -0.1) is 0 Å². The van der Waals surface area contributed by atoms with Gasteiger partial charge in [0.2, 0.25) is 0 Å². The highest BCUT2D eigenvalue weighted by Crippen LogP contribution is 1.97. The lowest BCUT2D eigenvalue weighted by Crippen LogP contribution is -1.92. The van der Waals surface area contributed by atoms with Crippen LogP contribution in [0.15, 0.2) is 11.2 Å². The summed E-state index contributed by atoms with van der Waals surface area (Å²) in [6, 6.07) is 0. The van der Waals surface area contributed by atoms with E-state index in [2.05, 4.69) is 21.8 Å². The van der Waals surface area contributed by atoms with Gasteiger partial charge in [0.25, 0.3) is 0 Å². The molecule has 1 rings (SSSR count). The molecule has 0 spiro atoms. The first kappa shape index (κ1) is 7.65. The van der Waals surface area contributed by atoms with Gasteiger partial charge < -0.3 is 0 Å². The Balaban J connectivity index is 2.93. The molecule has 0 bridgehead atoms. The van der Waals surface area contributed by atoms with E-state index < -0.39 is 0 Å². The Morgan fingerprint density at radius 2 is 2.36 bits per heavy atom. The Morgan fingerprint density at radius 1 is 1.64 bits per heavy atom. The quantitative estimate of drug-likeness (QED) is 0.585. The lowest BCUT2D eigenvalue weighted by molar-refractivity contribution is 0.748. The van der Waals surface area contributed by atoms with Gasteiger partial charge in [0.1, 0.15) is 5.82 Å². The fourth-order valence-electron chi connectivity index (χ4n) is 0.793.